The Bertz CT molecular complexity index is 647. The largest absolute Gasteiger partial charge is 0.418 e. The van der Waals surface area contributed by atoms with Crippen molar-refractivity contribution in [1.29, 1.82) is 0 Å². The van der Waals surface area contributed by atoms with Gasteiger partial charge in [0.15, 0.2) is 0 Å². The third-order valence-corrected chi connectivity index (χ3v) is 4.72. The van der Waals surface area contributed by atoms with Crippen molar-refractivity contribution in [2.75, 3.05) is 18.4 Å². The number of halogens is 3. The molecule has 1 N–H and O–H groups in total. The molecule has 1 saturated carbocycles. The minimum Gasteiger partial charge on any atom is -0.342 e. The van der Waals surface area contributed by atoms with Gasteiger partial charge in [0, 0.05) is 13.1 Å². The number of carbonyl (C=O) groups excluding carboxylic acids is 2. The van der Waals surface area contributed by atoms with E-state index >= 15 is 0 Å². The van der Waals surface area contributed by atoms with Crippen LogP contribution < -0.4 is 5.32 Å². The number of amides is 2. The molecule has 0 aromatic heterocycles. The van der Waals surface area contributed by atoms with Crippen LogP contribution in [0, 0.1) is 5.41 Å². The number of piperidine rings is 1. The first-order valence-electron chi connectivity index (χ1n) is 8.12. The number of alkyl halides is 3. The molecule has 1 aromatic carbocycles. The maximum absolute atomic E-state index is 13.0. The molecule has 2 aliphatic rings. The summed E-state index contributed by atoms with van der Waals surface area (Å²) in [6.07, 6.45) is -0.912. The number of para-hydroxylation sites is 1. The molecule has 1 saturated heterocycles. The van der Waals surface area contributed by atoms with Gasteiger partial charge in [-0.3, -0.25) is 9.59 Å². The van der Waals surface area contributed by atoms with Gasteiger partial charge in [-0.05, 0) is 44.2 Å². The highest BCUT2D eigenvalue weighted by Gasteiger charge is 2.58. The quantitative estimate of drug-likeness (QED) is 0.857. The van der Waals surface area contributed by atoms with Crippen molar-refractivity contribution in [1.82, 2.24) is 4.90 Å². The molecule has 2 amide bonds. The van der Waals surface area contributed by atoms with E-state index in [-0.39, 0.29) is 11.6 Å². The first-order valence-corrected chi connectivity index (χ1v) is 8.12. The Labute approximate surface area is 138 Å². The highest BCUT2D eigenvalue weighted by Crippen LogP contribution is 2.49. The van der Waals surface area contributed by atoms with Crippen LogP contribution in [0.2, 0.25) is 0 Å². The van der Waals surface area contributed by atoms with Crippen LogP contribution >= 0.6 is 0 Å². The van der Waals surface area contributed by atoms with Crippen molar-refractivity contribution in [2.24, 2.45) is 5.41 Å². The SMILES string of the molecule is O=C(Nc1ccccc1C(F)(F)F)C1(C(=O)N2CCCCC2)CC1. The molecule has 0 radical (unpaired) electrons. The van der Waals surface area contributed by atoms with E-state index in [4.69, 9.17) is 0 Å². The zero-order valence-corrected chi connectivity index (χ0v) is 13.2. The molecule has 0 spiro atoms. The summed E-state index contributed by atoms with van der Waals surface area (Å²) in [4.78, 5) is 26.8. The molecule has 130 valence electrons. The zero-order valence-electron chi connectivity index (χ0n) is 13.2. The Morgan fingerprint density at radius 1 is 1.04 bits per heavy atom. The van der Waals surface area contributed by atoms with Crippen molar-refractivity contribution in [3.8, 4) is 0 Å². The first kappa shape index (κ1) is 16.8. The normalized spacial score (nSPS) is 19.7. The molecule has 3 rings (SSSR count). The van der Waals surface area contributed by atoms with Crippen molar-refractivity contribution in [3.05, 3.63) is 29.8 Å². The molecule has 1 aliphatic heterocycles. The fourth-order valence-electron chi connectivity index (χ4n) is 3.14. The third kappa shape index (κ3) is 3.12. The predicted octanol–water partition coefficient (Wildman–Crippen LogP) is 3.44. The van der Waals surface area contributed by atoms with E-state index in [1.165, 1.54) is 18.2 Å². The summed E-state index contributed by atoms with van der Waals surface area (Å²) < 4.78 is 39.1. The monoisotopic (exact) mass is 340 g/mol. The Morgan fingerprint density at radius 3 is 2.25 bits per heavy atom. The predicted molar refractivity (Wildman–Crippen MR) is 82.2 cm³/mol. The second kappa shape index (κ2) is 6.11. The lowest BCUT2D eigenvalue weighted by molar-refractivity contribution is -0.143. The molecule has 24 heavy (non-hydrogen) atoms. The van der Waals surface area contributed by atoms with Crippen LogP contribution in [0.25, 0.3) is 0 Å². The third-order valence-electron chi connectivity index (χ3n) is 4.72. The van der Waals surface area contributed by atoms with Gasteiger partial charge in [-0.25, -0.2) is 0 Å². The van der Waals surface area contributed by atoms with E-state index in [1.807, 2.05) is 0 Å². The maximum atomic E-state index is 13.0. The molecule has 0 atom stereocenters. The van der Waals surface area contributed by atoms with Crippen LogP contribution in [0.4, 0.5) is 18.9 Å². The molecular formula is C17H19F3N2O2. The average Bonchev–Trinajstić information content (AvgIpc) is 3.36. The zero-order chi connectivity index (χ0) is 17.4. The van der Waals surface area contributed by atoms with E-state index in [0.717, 1.165) is 25.3 Å². The standard InChI is InChI=1S/C17H19F3N2O2/c18-17(19,20)12-6-2-3-7-13(12)21-14(23)16(8-9-16)15(24)22-10-4-1-5-11-22/h2-3,6-7H,1,4-5,8-11H2,(H,21,23). The van der Waals surface area contributed by atoms with E-state index in [9.17, 15) is 22.8 Å². The minimum absolute atomic E-state index is 0.246. The van der Waals surface area contributed by atoms with Crippen LogP contribution in [0.1, 0.15) is 37.7 Å². The van der Waals surface area contributed by atoms with Crippen molar-refractivity contribution in [3.63, 3.8) is 0 Å². The summed E-state index contributed by atoms with van der Waals surface area (Å²) in [5.74, 6) is -0.876. The molecule has 1 heterocycles. The number of nitrogens with zero attached hydrogens (tertiary/aromatic N) is 1. The first-order chi connectivity index (χ1) is 11.3. The number of likely N-dealkylation sites (tertiary alicyclic amines) is 1. The highest BCUT2D eigenvalue weighted by molar-refractivity contribution is 6.13. The molecule has 7 heteroatoms. The van der Waals surface area contributed by atoms with Crippen LogP contribution in [0.15, 0.2) is 24.3 Å². The van der Waals surface area contributed by atoms with E-state index in [1.54, 1.807) is 4.90 Å². The summed E-state index contributed by atoms with van der Waals surface area (Å²) in [6.45, 7) is 1.24. The Morgan fingerprint density at radius 2 is 1.67 bits per heavy atom. The van der Waals surface area contributed by atoms with Crippen LogP contribution in [-0.4, -0.2) is 29.8 Å². The van der Waals surface area contributed by atoms with Crippen LogP contribution in [-0.2, 0) is 15.8 Å². The number of anilines is 1. The average molecular weight is 340 g/mol. The highest BCUT2D eigenvalue weighted by atomic mass is 19.4. The fourth-order valence-corrected chi connectivity index (χ4v) is 3.14. The van der Waals surface area contributed by atoms with E-state index < -0.39 is 23.1 Å². The topological polar surface area (TPSA) is 49.4 Å². The number of benzene rings is 1. The lowest BCUT2D eigenvalue weighted by atomic mass is 10.0. The molecular weight excluding hydrogens is 321 g/mol. The van der Waals surface area contributed by atoms with Gasteiger partial charge in [0.1, 0.15) is 5.41 Å². The number of hydrogen-bond donors (Lipinski definition) is 1. The molecule has 4 nitrogen and oxygen atoms in total. The van der Waals surface area contributed by atoms with Crippen LogP contribution in [0.5, 0.6) is 0 Å². The molecule has 2 fully saturated rings. The number of rotatable bonds is 3. The summed E-state index contributed by atoms with van der Waals surface area (Å²) in [5, 5.41) is 2.33. The van der Waals surface area contributed by atoms with Gasteiger partial charge in [-0.15, -0.1) is 0 Å². The molecule has 1 aromatic rings. The Kier molecular flexibility index (Phi) is 4.27. The van der Waals surface area contributed by atoms with Crippen molar-refractivity contribution in [2.45, 2.75) is 38.3 Å². The van der Waals surface area contributed by atoms with Crippen molar-refractivity contribution < 1.29 is 22.8 Å². The smallest absolute Gasteiger partial charge is 0.342 e. The molecule has 0 bridgehead atoms. The van der Waals surface area contributed by atoms with Gasteiger partial charge in [0.2, 0.25) is 11.8 Å². The van der Waals surface area contributed by atoms with Crippen molar-refractivity contribution >= 4 is 17.5 Å². The number of carbonyl (C=O) groups is 2. The van der Waals surface area contributed by atoms with Gasteiger partial charge < -0.3 is 10.2 Å². The molecule has 1 aliphatic carbocycles. The number of nitrogens with one attached hydrogen (secondary N) is 1. The Hall–Kier alpha value is -2.05. The van der Waals surface area contributed by atoms with Gasteiger partial charge in [-0.1, -0.05) is 12.1 Å². The molecule has 0 unspecified atom stereocenters. The van der Waals surface area contributed by atoms with Gasteiger partial charge >= 0.3 is 6.18 Å². The van der Waals surface area contributed by atoms with Gasteiger partial charge in [0.25, 0.3) is 0 Å². The number of hydrogen-bond acceptors (Lipinski definition) is 2. The van der Waals surface area contributed by atoms with Gasteiger partial charge in [-0.2, -0.15) is 13.2 Å². The second-order valence-electron chi connectivity index (χ2n) is 6.43. The Balaban J connectivity index is 1.77. The minimum atomic E-state index is -4.56. The van der Waals surface area contributed by atoms with E-state index in [0.29, 0.717) is 25.9 Å². The maximum Gasteiger partial charge on any atom is 0.418 e. The summed E-state index contributed by atoms with van der Waals surface area (Å²) >= 11 is 0. The lowest BCUT2D eigenvalue weighted by Gasteiger charge is -2.30. The summed E-state index contributed by atoms with van der Waals surface area (Å²) in [7, 11) is 0. The van der Waals surface area contributed by atoms with Gasteiger partial charge in [0.05, 0.1) is 11.3 Å². The lowest BCUT2D eigenvalue weighted by Crippen LogP contribution is -2.45. The second-order valence-corrected chi connectivity index (χ2v) is 6.43. The summed E-state index contributed by atoms with van der Waals surface area (Å²) in [5.41, 5.74) is -2.39. The fraction of sp³-hybridized carbons (Fsp3) is 0.529. The van der Waals surface area contributed by atoms with Crippen LogP contribution in [0.3, 0.4) is 0 Å². The summed E-state index contributed by atoms with van der Waals surface area (Å²) in [6, 6.07) is 4.82. The van der Waals surface area contributed by atoms with E-state index in [2.05, 4.69) is 5.32 Å².